The van der Waals surface area contributed by atoms with E-state index in [0.717, 1.165) is 10.6 Å². The van der Waals surface area contributed by atoms with Crippen molar-refractivity contribution in [3.8, 4) is 10.6 Å². The maximum Gasteiger partial charge on any atom is 0.136 e. The number of rotatable bonds is 5. The largest absolute Gasteiger partial charge is 0.411 e. The first-order valence-electron chi connectivity index (χ1n) is 8.03. The Morgan fingerprint density at radius 3 is 2.33 bits per heavy atom. The summed E-state index contributed by atoms with van der Waals surface area (Å²) in [5.74, 6) is 0. The fourth-order valence-corrected chi connectivity index (χ4v) is 3.85. The molecule has 0 radical (unpaired) electrons. The van der Waals surface area contributed by atoms with Crippen LogP contribution in [0, 0.1) is 6.92 Å². The zero-order chi connectivity index (χ0) is 19.4. The monoisotopic (exact) mass is 400 g/mol. The summed E-state index contributed by atoms with van der Waals surface area (Å²) in [5.41, 5.74) is 8.71. The maximum absolute atomic E-state index is 9.55. The van der Waals surface area contributed by atoms with Gasteiger partial charge in [-0.1, -0.05) is 64.4 Å². The number of nitrogens with zero attached hydrogens (tertiary/aromatic N) is 3. The highest BCUT2D eigenvalue weighted by molar-refractivity contribution is 7.15. The molecule has 0 saturated carbocycles. The highest BCUT2D eigenvalue weighted by Gasteiger charge is 2.26. The Bertz CT molecular complexity index is 985. The quantitative estimate of drug-likeness (QED) is 0.333. The molecule has 1 aromatic heterocycles. The van der Waals surface area contributed by atoms with Gasteiger partial charge >= 0.3 is 0 Å². The van der Waals surface area contributed by atoms with Crippen LogP contribution in [0.2, 0.25) is 5.02 Å². The van der Waals surface area contributed by atoms with Gasteiger partial charge in [0.05, 0.1) is 16.6 Å². The van der Waals surface area contributed by atoms with E-state index in [4.69, 9.17) is 17.3 Å². The van der Waals surface area contributed by atoms with Crippen LogP contribution in [-0.4, -0.2) is 26.8 Å². The van der Waals surface area contributed by atoms with E-state index in [0.29, 0.717) is 21.2 Å². The van der Waals surface area contributed by atoms with Gasteiger partial charge in [0.15, 0.2) is 0 Å². The van der Waals surface area contributed by atoms with Gasteiger partial charge in [0.25, 0.3) is 0 Å². The number of hydrogen-bond donors (Lipinski definition) is 3. The Kier molecular flexibility index (Phi) is 5.85. The number of oxime groups is 2. The Morgan fingerprint density at radius 2 is 1.74 bits per heavy atom. The predicted octanol–water partition coefficient (Wildman–Crippen LogP) is 4.48. The Morgan fingerprint density at radius 1 is 1.07 bits per heavy atom. The van der Waals surface area contributed by atoms with Crippen molar-refractivity contribution in [2.75, 3.05) is 0 Å². The van der Waals surface area contributed by atoms with Crippen molar-refractivity contribution in [2.24, 2.45) is 16.0 Å². The molecule has 1 atom stereocenters. The van der Waals surface area contributed by atoms with E-state index in [9.17, 15) is 10.4 Å². The summed E-state index contributed by atoms with van der Waals surface area (Å²) >= 11 is 7.32. The fraction of sp³-hybridized carbons (Fsp3) is 0.105. The van der Waals surface area contributed by atoms with Gasteiger partial charge < -0.3 is 16.1 Å². The van der Waals surface area contributed by atoms with Gasteiger partial charge in [-0.3, -0.25) is 0 Å². The van der Waals surface area contributed by atoms with Crippen molar-refractivity contribution in [3.63, 3.8) is 0 Å². The molecule has 0 amide bonds. The fourth-order valence-electron chi connectivity index (χ4n) is 2.65. The van der Waals surface area contributed by atoms with Gasteiger partial charge in [0, 0.05) is 16.1 Å². The van der Waals surface area contributed by atoms with Crippen molar-refractivity contribution < 1.29 is 10.4 Å². The third-order valence-corrected chi connectivity index (χ3v) is 5.54. The first kappa shape index (κ1) is 19.0. The van der Waals surface area contributed by atoms with E-state index in [1.165, 1.54) is 11.3 Å². The second kappa shape index (κ2) is 8.30. The van der Waals surface area contributed by atoms with Crippen molar-refractivity contribution in [1.29, 1.82) is 0 Å². The minimum atomic E-state index is -0.806. The Labute approximate surface area is 165 Å². The molecule has 0 spiro atoms. The Hall–Kier alpha value is -2.74. The second-order valence-electron chi connectivity index (χ2n) is 5.75. The van der Waals surface area contributed by atoms with Crippen molar-refractivity contribution in [2.45, 2.75) is 13.0 Å². The molecule has 2 aromatic carbocycles. The molecule has 8 heteroatoms. The first-order valence-corrected chi connectivity index (χ1v) is 9.23. The first-order chi connectivity index (χ1) is 13.0. The molecule has 0 aliphatic carbocycles. The van der Waals surface area contributed by atoms with Gasteiger partial charge in [0.1, 0.15) is 16.4 Å². The van der Waals surface area contributed by atoms with Gasteiger partial charge in [-0.15, -0.1) is 11.3 Å². The van der Waals surface area contributed by atoms with E-state index in [2.05, 4.69) is 15.3 Å². The van der Waals surface area contributed by atoms with Gasteiger partial charge in [-0.05, 0) is 19.1 Å². The summed E-state index contributed by atoms with van der Waals surface area (Å²) in [5, 5.41) is 27.0. The third kappa shape index (κ3) is 4.00. The lowest BCUT2D eigenvalue weighted by atomic mass is 9.99. The minimum Gasteiger partial charge on any atom is -0.411 e. The van der Waals surface area contributed by atoms with Crippen LogP contribution >= 0.6 is 22.9 Å². The summed E-state index contributed by atoms with van der Waals surface area (Å²) in [7, 11) is 0. The highest BCUT2D eigenvalue weighted by Crippen LogP contribution is 2.32. The molecule has 3 rings (SSSR count). The molecule has 4 N–H and O–H groups in total. The van der Waals surface area contributed by atoms with E-state index in [1.807, 2.05) is 25.1 Å². The van der Waals surface area contributed by atoms with Crippen LogP contribution in [0.1, 0.15) is 22.2 Å². The van der Waals surface area contributed by atoms with Crippen molar-refractivity contribution in [3.05, 3.63) is 75.8 Å². The van der Waals surface area contributed by atoms with E-state index in [-0.39, 0.29) is 11.4 Å². The summed E-state index contributed by atoms with van der Waals surface area (Å²) in [6.07, 6.45) is 0. The van der Waals surface area contributed by atoms with Gasteiger partial charge in [-0.2, -0.15) is 0 Å². The lowest BCUT2D eigenvalue weighted by Crippen LogP contribution is -2.29. The average Bonchev–Trinajstić information content (AvgIpc) is 3.08. The molecule has 3 aromatic rings. The molecular weight excluding hydrogens is 384 g/mol. The van der Waals surface area contributed by atoms with Crippen LogP contribution in [0.3, 0.4) is 0 Å². The smallest absolute Gasteiger partial charge is 0.136 e. The molecule has 0 saturated heterocycles. The van der Waals surface area contributed by atoms with Crippen molar-refractivity contribution in [1.82, 2.24) is 4.98 Å². The van der Waals surface area contributed by atoms with Crippen LogP contribution in [0.15, 0.2) is 64.9 Å². The number of aryl methyl sites for hydroxylation is 1. The van der Waals surface area contributed by atoms with Crippen LogP contribution in [-0.2, 0) is 0 Å². The van der Waals surface area contributed by atoms with Crippen molar-refractivity contribution >= 4 is 34.4 Å². The second-order valence-corrected chi connectivity index (χ2v) is 7.22. The lowest BCUT2D eigenvalue weighted by molar-refractivity contribution is 0.313. The average molecular weight is 401 g/mol. The van der Waals surface area contributed by atoms with E-state index in [1.54, 1.807) is 36.4 Å². The molecule has 6 nitrogen and oxygen atoms in total. The molecule has 1 heterocycles. The minimum absolute atomic E-state index is 0.0538. The number of halogens is 1. The molecular formula is C19H17ClN4O2S. The van der Waals surface area contributed by atoms with Crippen LogP contribution < -0.4 is 5.73 Å². The SMILES string of the molecule is Cc1nc(-c2ccc(Cl)cc2)sc1C(N)C(=N/O)/C(=N/O)c1ccccc1. The molecule has 0 aliphatic heterocycles. The van der Waals surface area contributed by atoms with Crippen LogP contribution in [0.25, 0.3) is 10.6 Å². The highest BCUT2D eigenvalue weighted by atomic mass is 35.5. The molecule has 1 unspecified atom stereocenters. The lowest BCUT2D eigenvalue weighted by Gasteiger charge is -2.13. The number of benzene rings is 2. The van der Waals surface area contributed by atoms with E-state index < -0.39 is 6.04 Å². The zero-order valence-corrected chi connectivity index (χ0v) is 15.9. The number of hydrogen-bond acceptors (Lipinski definition) is 7. The molecule has 27 heavy (non-hydrogen) atoms. The standard InChI is InChI=1S/C19H17ClN4O2S/c1-11-18(27-19(22-11)13-7-9-14(20)10-8-13)15(21)17(24-26)16(23-25)12-5-3-2-4-6-12/h2-10,15,25-26H,21H2,1H3/b23-16+,24-17-. The van der Waals surface area contributed by atoms with Crippen LogP contribution in [0.4, 0.5) is 0 Å². The maximum atomic E-state index is 9.55. The van der Waals surface area contributed by atoms with Crippen LogP contribution in [0.5, 0.6) is 0 Å². The van der Waals surface area contributed by atoms with E-state index >= 15 is 0 Å². The van der Waals surface area contributed by atoms with Gasteiger partial charge in [0.2, 0.25) is 0 Å². The topological polar surface area (TPSA) is 104 Å². The summed E-state index contributed by atoms with van der Waals surface area (Å²) in [6.45, 7) is 1.83. The number of nitrogens with two attached hydrogens (primary N) is 1. The number of aromatic nitrogens is 1. The third-order valence-electron chi connectivity index (χ3n) is 4.00. The normalized spacial score (nSPS) is 13.6. The molecule has 0 aliphatic rings. The molecule has 0 fully saturated rings. The predicted molar refractivity (Wildman–Crippen MR) is 108 cm³/mol. The van der Waals surface area contributed by atoms with Gasteiger partial charge in [-0.25, -0.2) is 4.98 Å². The zero-order valence-electron chi connectivity index (χ0n) is 14.4. The summed E-state index contributed by atoms with van der Waals surface area (Å²) in [4.78, 5) is 5.28. The Balaban J connectivity index is 1.97. The number of thiazole rings is 1. The summed E-state index contributed by atoms with van der Waals surface area (Å²) < 4.78 is 0. The molecule has 0 bridgehead atoms. The summed E-state index contributed by atoms with van der Waals surface area (Å²) in [6, 6.07) is 15.4. The molecule has 138 valence electrons.